The number of nitro groups is 1. The summed E-state index contributed by atoms with van der Waals surface area (Å²) in [6.45, 7) is 1.24. The number of nitrogens with one attached hydrogen (secondary N) is 1. The van der Waals surface area contributed by atoms with Crippen LogP contribution in [0.4, 0.5) is 5.69 Å². The summed E-state index contributed by atoms with van der Waals surface area (Å²) in [5.41, 5.74) is 2.12. The van der Waals surface area contributed by atoms with Gasteiger partial charge in [-0.3, -0.25) is 25.1 Å². The number of hydrogen-bond acceptors (Lipinski definition) is 7. The fraction of sp³-hybridized carbons (Fsp3) is 0.0769. The lowest BCUT2D eigenvalue weighted by atomic mass is 10.1. The average Bonchev–Trinajstić information content (AvgIpc) is 2.96. The van der Waals surface area contributed by atoms with E-state index in [-0.39, 0.29) is 30.7 Å². The molecular formula is C13H8N4O5S2. The monoisotopic (exact) mass is 364 g/mol. The van der Waals surface area contributed by atoms with E-state index in [2.05, 4.69) is 10.4 Å². The number of carbonyl (C=O) groups is 2. The highest BCUT2D eigenvalue weighted by Crippen LogP contribution is 2.31. The van der Waals surface area contributed by atoms with Crippen LogP contribution >= 0.6 is 23.6 Å². The Balaban J connectivity index is 2.31. The molecule has 1 aliphatic heterocycles. The first-order chi connectivity index (χ1) is 11.3. The molecule has 122 valence electrons. The van der Waals surface area contributed by atoms with Crippen molar-refractivity contribution in [1.29, 1.82) is 0 Å². The van der Waals surface area contributed by atoms with Crippen molar-refractivity contribution >= 4 is 46.6 Å². The Hall–Kier alpha value is -2.92. The van der Waals surface area contributed by atoms with Crippen molar-refractivity contribution in [1.82, 2.24) is 4.68 Å². The molecule has 2 heterocycles. The molecule has 9 nitrogen and oxygen atoms in total. The number of rotatable bonds is 3. The van der Waals surface area contributed by atoms with Crippen molar-refractivity contribution in [3.8, 4) is 5.88 Å². The molecule has 0 fully saturated rings. The number of aromatic nitrogens is 1. The Bertz CT molecular complexity index is 1100. The summed E-state index contributed by atoms with van der Waals surface area (Å²) in [7, 11) is 0. The molecule has 1 aromatic heterocycles. The maximum absolute atomic E-state index is 12.2. The van der Waals surface area contributed by atoms with Gasteiger partial charge in [0.25, 0.3) is 11.6 Å². The van der Waals surface area contributed by atoms with E-state index in [0.29, 0.717) is 0 Å². The second-order valence-corrected chi connectivity index (χ2v) is 6.42. The van der Waals surface area contributed by atoms with E-state index in [1.54, 1.807) is 0 Å². The number of non-ortho nitro benzene ring substituents is 1. The number of benzene rings is 1. The molecule has 24 heavy (non-hydrogen) atoms. The number of nitro benzene ring substituents is 1. The zero-order valence-electron chi connectivity index (χ0n) is 12.0. The SMILES string of the molecule is CC(=O)Nn1c(O)c(C2=c3cc([N+](=O)[O-])ccc3=NC2=O)sc1=S. The molecule has 11 heteroatoms. The van der Waals surface area contributed by atoms with Gasteiger partial charge in [0, 0.05) is 24.3 Å². The van der Waals surface area contributed by atoms with E-state index in [9.17, 15) is 24.8 Å². The van der Waals surface area contributed by atoms with E-state index in [4.69, 9.17) is 12.2 Å². The Morgan fingerprint density at radius 3 is 2.83 bits per heavy atom. The van der Waals surface area contributed by atoms with Gasteiger partial charge in [-0.2, -0.15) is 4.68 Å². The molecule has 0 atom stereocenters. The summed E-state index contributed by atoms with van der Waals surface area (Å²) in [6.07, 6.45) is 0. The van der Waals surface area contributed by atoms with Crippen LogP contribution in [0.1, 0.15) is 11.8 Å². The molecule has 2 amide bonds. The third-order valence-corrected chi connectivity index (χ3v) is 4.56. The van der Waals surface area contributed by atoms with Crippen LogP contribution in [0.5, 0.6) is 5.88 Å². The predicted octanol–water partition coefficient (Wildman–Crippen LogP) is 0.342. The largest absolute Gasteiger partial charge is 0.492 e. The van der Waals surface area contributed by atoms with Gasteiger partial charge in [0.2, 0.25) is 11.8 Å². The normalized spacial score (nSPS) is 12.7. The van der Waals surface area contributed by atoms with Crippen LogP contribution < -0.4 is 16.0 Å². The first-order valence-electron chi connectivity index (χ1n) is 6.44. The van der Waals surface area contributed by atoms with E-state index in [0.717, 1.165) is 16.0 Å². The fourth-order valence-corrected chi connectivity index (χ4v) is 3.48. The second-order valence-electron chi connectivity index (χ2n) is 4.77. The molecule has 2 N–H and O–H groups in total. The standard InChI is InChI=1S/C13H8N4O5S2/c1-5(18)15-16-12(20)10(24-13(16)23)9-7-4-6(17(21)22)2-3-8(7)14-11(9)19/h2-4,20H,1H3,(H,15,18). The van der Waals surface area contributed by atoms with Crippen LogP contribution in [0, 0.1) is 14.1 Å². The van der Waals surface area contributed by atoms with Gasteiger partial charge in [-0.25, -0.2) is 4.99 Å². The highest BCUT2D eigenvalue weighted by molar-refractivity contribution is 7.73. The van der Waals surface area contributed by atoms with Crippen molar-refractivity contribution in [3.05, 3.63) is 47.7 Å². The Kier molecular flexibility index (Phi) is 3.73. The summed E-state index contributed by atoms with van der Waals surface area (Å²) >= 11 is 5.95. The molecule has 0 saturated heterocycles. The van der Waals surface area contributed by atoms with Crippen LogP contribution in [-0.2, 0) is 9.59 Å². The molecule has 0 spiro atoms. The Morgan fingerprint density at radius 2 is 2.21 bits per heavy atom. The number of hydrogen-bond donors (Lipinski definition) is 2. The van der Waals surface area contributed by atoms with Gasteiger partial charge in [0.05, 0.1) is 15.9 Å². The molecule has 0 radical (unpaired) electrons. The highest BCUT2D eigenvalue weighted by Gasteiger charge is 2.26. The van der Waals surface area contributed by atoms with Gasteiger partial charge in [-0.15, -0.1) is 0 Å². The molecule has 1 aromatic carbocycles. The second kappa shape index (κ2) is 5.62. The van der Waals surface area contributed by atoms with E-state index < -0.39 is 22.6 Å². The van der Waals surface area contributed by atoms with Crippen molar-refractivity contribution in [2.24, 2.45) is 4.99 Å². The van der Waals surface area contributed by atoms with Gasteiger partial charge in [-0.1, -0.05) is 11.3 Å². The number of thiazole rings is 1. The minimum Gasteiger partial charge on any atom is -0.492 e. The van der Waals surface area contributed by atoms with Crippen LogP contribution in [0.3, 0.4) is 0 Å². The van der Waals surface area contributed by atoms with Gasteiger partial charge in [0.15, 0.2) is 3.95 Å². The summed E-state index contributed by atoms with van der Waals surface area (Å²) < 4.78 is 1.07. The minimum atomic E-state index is -0.646. The molecular weight excluding hydrogens is 356 g/mol. The third-order valence-electron chi connectivity index (χ3n) is 3.18. The van der Waals surface area contributed by atoms with E-state index in [1.165, 1.54) is 25.1 Å². The smallest absolute Gasteiger partial charge is 0.279 e. The van der Waals surface area contributed by atoms with Gasteiger partial charge < -0.3 is 5.11 Å². The highest BCUT2D eigenvalue weighted by atomic mass is 32.1. The van der Waals surface area contributed by atoms with E-state index in [1.807, 2.05) is 0 Å². The van der Waals surface area contributed by atoms with Crippen molar-refractivity contribution < 1.29 is 19.6 Å². The zero-order chi connectivity index (χ0) is 17.6. The lowest BCUT2D eigenvalue weighted by molar-refractivity contribution is -0.385. The average molecular weight is 364 g/mol. The first kappa shape index (κ1) is 16.0. The molecule has 0 saturated carbocycles. The number of fused-ring (bicyclic) bond motifs is 1. The lowest BCUT2D eigenvalue weighted by Gasteiger charge is -2.04. The maximum Gasteiger partial charge on any atom is 0.279 e. The molecule has 2 aromatic rings. The molecule has 0 aliphatic carbocycles. The van der Waals surface area contributed by atoms with Crippen molar-refractivity contribution in [2.45, 2.75) is 6.92 Å². The number of aromatic hydroxyl groups is 1. The summed E-state index contributed by atoms with van der Waals surface area (Å²) in [6, 6.07) is 3.81. The van der Waals surface area contributed by atoms with Crippen LogP contribution in [-0.4, -0.2) is 26.5 Å². The molecule has 1 aliphatic rings. The fourth-order valence-electron chi connectivity index (χ4n) is 2.22. The summed E-state index contributed by atoms with van der Waals surface area (Å²) in [5, 5.41) is 21.7. The van der Waals surface area contributed by atoms with Crippen LogP contribution in [0.2, 0.25) is 0 Å². The predicted molar refractivity (Wildman–Crippen MR) is 86.2 cm³/mol. The van der Waals surface area contributed by atoms with Gasteiger partial charge in [0.1, 0.15) is 4.88 Å². The number of carbonyl (C=O) groups excluding carboxylic acids is 2. The minimum absolute atomic E-state index is 0.00593. The molecule has 3 rings (SSSR count). The van der Waals surface area contributed by atoms with Crippen molar-refractivity contribution in [3.63, 3.8) is 0 Å². The quantitative estimate of drug-likeness (QED) is 0.459. The van der Waals surface area contributed by atoms with Crippen LogP contribution in [0.15, 0.2) is 23.2 Å². The third kappa shape index (κ3) is 2.49. The Labute approximate surface area is 142 Å². The van der Waals surface area contributed by atoms with Crippen molar-refractivity contribution in [2.75, 3.05) is 5.43 Å². The topological polar surface area (TPSA) is 127 Å². The molecule has 0 unspecified atom stereocenters. The summed E-state index contributed by atoms with van der Waals surface area (Å²) in [5.74, 6) is -1.54. The summed E-state index contributed by atoms with van der Waals surface area (Å²) in [4.78, 5) is 37.6. The Morgan fingerprint density at radius 1 is 1.50 bits per heavy atom. The first-order valence-corrected chi connectivity index (χ1v) is 7.66. The van der Waals surface area contributed by atoms with Crippen LogP contribution in [0.25, 0.3) is 5.57 Å². The molecule has 0 bridgehead atoms. The van der Waals surface area contributed by atoms with Gasteiger partial charge in [-0.05, 0) is 18.3 Å². The lowest BCUT2D eigenvalue weighted by Crippen LogP contribution is -2.23. The maximum atomic E-state index is 12.2. The number of amides is 2. The van der Waals surface area contributed by atoms with E-state index >= 15 is 0 Å². The van der Waals surface area contributed by atoms with Gasteiger partial charge >= 0.3 is 0 Å². The zero-order valence-corrected chi connectivity index (χ0v) is 13.6. The number of nitrogens with zero attached hydrogens (tertiary/aromatic N) is 3.